The number of ether oxygens (including phenoxy) is 1. The van der Waals surface area contributed by atoms with Crippen molar-refractivity contribution < 1.29 is 13.5 Å². The smallest absolute Gasteiger partial charge is 0.202 e. The number of hydrogen-bond donors (Lipinski definition) is 1. The summed E-state index contributed by atoms with van der Waals surface area (Å²) >= 11 is 0. The van der Waals surface area contributed by atoms with Gasteiger partial charge in [0.2, 0.25) is 5.82 Å². The first kappa shape index (κ1) is 23.8. The van der Waals surface area contributed by atoms with Gasteiger partial charge in [-0.3, -0.25) is 4.68 Å². The van der Waals surface area contributed by atoms with E-state index >= 15 is 4.39 Å². The molecule has 0 atom stereocenters. The Hall–Kier alpha value is -3.93. The van der Waals surface area contributed by atoms with Crippen LogP contribution in [0.15, 0.2) is 36.8 Å². The molecule has 10 nitrogen and oxygen atoms in total. The monoisotopic (exact) mass is 495 g/mol. The molecule has 12 heteroatoms. The highest BCUT2D eigenvalue weighted by molar-refractivity contribution is 5.76. The summed E-state index contributed by atoms with van der Waals surface area (Å²) in [5.41, 5.74) is 7.83. The van der Waals surface area contributed by atoms with Crippen LogP contribution in [0.5, 0.6) is 5.75 Å². The van der Waals surface area contributed by atoms with Gasteiger partial charge in [-0.05, 0) is 73.9 Å². The standard InChI is InChI=1S/C24H27F2N9O/c1-33-15-17(14-29-33)16-12-18(23(27)28-13-16)24-30-31-32-35(24)19-6-7-20(22(26)21(19)25)36-11-5-4-10-34-8-2-3-9-34/h6-7,12-15H,2-5,8-11H2,1H3,(H2,27,28). The summed E-state index contributed by atoms with van der Waals surface area (Å²) in [6.07, 6.45) is 9.30. The number of rotatable bonds is 9. The van der Waals surface area contributed by atoms with E-state index in [1.54, 1.807) is 30.2 Å². The molecule has 2 N–H and O–H groups in total. The van der Waals surface area contributed by atoms with Crippen LogP contribution >= 0.6 is 0 Å². The van der Waals surface area contributed by atoms with E-state index in [0.717, 1.165) is 48.3 Å². The second-order valence-electron chi connectivity index (χ2n) is 8.79. The molecule has 0 aliphatic carbocycles. The number of pyridine rings is 1. The Morgan fingerprint density at radius 2 is 1.89 bits per heavy atom. The van der Waals surface area contributed by atoms with Gasteiger partial charge in [-0.2, -0.15) is 14.2 Å². The predicted octanol–water partition coefficient (Wildman–Crippen LogP) is 3.24. The number of likely N-dealkylation sites (tertiary alicyclic amines) is 1. The molecule has 4 heterocycles. The number of halogens is 2. The first-order valence-corrected chi connectivity index (χ1v) is 11.9. The molecule has 0 spiro atoms. The fraction of sp³-hybridized carbons (Fsp3) is 0.375. The van der Waals surface area contributed by atoms with E-state index in [-0.39, 0.29) is 23.1 Å². The number of benzene rings is 1. The van der Waals surface area contributed by atoms with Crippen molar-refractivity contribution in [2.75, 3.05) is 32.0 Å². The molecule has 0 amide bonds. The van der Waals surface area contributed by atoms with Gasteiger partial charge in [0.25, 0.3) is 0 Å². The van der Waals surface area contributed by atoms with E-state index in [4.69, 9.17) is 10.5 Å². The molecular weight excluding hydrogens is 468 g/mol. The third kappa shape index (κ3) is 4.89. The molecule has 188 valence electrons. The molecule has 1 aliphatic rings. The van der Waals surface area contributed by atoms with Gasteiger partial charge in [0, 0.05) is 30.6 Å². The SMILES string of the molecule is Cn1cc(-c2cnc(N)c(-c3nnnn3-c3ccc(OCCCCN4CCCC4)c(F)c3F)c2)cn1. The summed E-state index contributed by atoms with van der Waals surface area (Å²) in [5, 5.41) is 15.7. The van der Waals surface area contributed by atoms with E-state index in [0.29, 0.717) is 12.2 Å². The highest BCUT2D eigenvalue weighted by Crippen LogP contribution is 2.31. The van der Waals surface area contributed by atoms with Crippen molar-refractivity contribution in [3.8, 4) is 34.0 Å². The van der Waals surface area contributed by atoms with Crippen LogP contribution in [0, 0.1) is 11.6 Å². The predicted molar refractivity (Wildman–Crippen MR) is 129 cm³/mol. The van der Waals surface area contributed by atoms with Crippen molar-refractivity contribution >= 4 is 5.82 Å². The molecular formula is C24H27F2N9O. The second kappa shape index (κ2) is 10.4. The lowest BCUT2D eigenvalue weighted by Gasteiger charge is -2.14. The van der Waals surface area contributed by atoms with Crippen LogP contribution in [0.4, 0.5) is 14.6 Å². The summed E-state index contributed by atoms with van der Waals surface area (Å²) in [7, 11) is 1.80. The van der Waals surface area contributed by atoms with Crippen molar-refractivity contribution in [2.24, 2.45) is 7.05 Å². The largest absolute Gasteiger partial charge is 0.490 e. The number of hydrogen-bond acceptors (Lipinski definition) is 8. The Kier molecular flexibility index (Phi) is 6.85. The van der Waals surface area contributed by atoms with Gasteiger partial charge < -0.3 is 15.4 Å². The molecule has 0 saturated carbocycles. The average Bonchev–Trinajstić information content (AvgIpc) is 3.64. The normalized spacial score (nSPS) is 14.0. The third-order valence-electron chi connectivity index (χ3n) is 6.25. The zero-order valence-electron chi connectivity index (χ0n) is 19.9. The highest BCUT2D eigenvalue weighted by atomic mass is 19.2. The van der Waals surface area contributed by atoms with Gasteiger partial charge in [-0.25, -0.2) is 9.37 Å². The fourth-order valence-electron chi connectivity index (χ4n) is 4.32. The maximum Gasteiger partial charge on any atom is 0.202 e. The van der Waals surface area contributed by atoms with E-state index < -0.39 is 11.6 Å². The van der Waals surface area contributed by atoms with E-state index in [1.165, 1.54) is 25.0 Å². The number of tetrazole rings is 1. The second-order valence-corrected chi connectivity index (χ2v) is 8.79. The summed E-state index contributed by atoms with van der Waals surface area (Å²) in [6.45, 7) is 3.58. The highest BCUT2D eigenvalue weighted by Gasteiger charge is 2.22. The maximum absolute atomic E-state index is 15.1. The number of anilines is 1. The number of nitrogens with zero attached hydrogens (tertiary/aromatic N) is 8. The van der Waals surface area contributed by atoms with Gasteiger partial charge >= 0.3 is 0 Å². The molecule has 1 saturated heterocycles. The van der Waals surface area contributed by atoms with Crippen molar-refractivity contribution in [1.82, 2.24) is 39.9 Å². The first-order valence-electron chi connectivity index (χ1n) is 11.9. The molecule has 0 radical (unpaired) electrons. The third-order valence-corrected chi connectivity index (χ3v) is 6.25. The van der Waals surface area contributed by atoms with Crippen molar-refractivity contribution in [1.29, 1.82) is 0 Å². The van der Waals surface area contributed by atoms with E-state index in [1.807, 2.05) is 6.20 Å². The molecule has 4 aromatic rings. The summed E-state index contributed by atoms with van der Waals surface area (Å²) < 4.78 is 38.3. The van der Waals surface area contributed by atoms with E-state index in [2.05, 4.69) is 30.5 Å². The fourth-order valence-corrected chi connectivity index (χ4v) is 4.32. The Labute approximate surface area is 206 Å². The Balaban J connectivity index is 1.34. The lowest BCUT2D eigenvalue weighted by Crippen LogP contribution is -2.20. The topological polar surface area (TPSA) is 113 Å². The number of nitrogens with two attached hydrogens (primary N) is 1. The summed E-state index contributed by atoms with van der Waals surface area (Å²) in [6, 6.07) is 4.50. The quantitative estimate of drug-likeness (QED) is 0.352. The first-order chi connectivity index (χ1) is 17.5. The average molecular weight is 496 g/mol. The van der Waals surface area contributed by atoms with Gasteiger partial charge in [-0.15, -0.1) is 5.10 Å². The number of unbranched alkanes of at least 4 members (excludes halogenated alkanes) is 1. The van der Waals surface area contributed by atoms with Crippen LogP contribution in [-0.2, 0) is 7.05 Å². The van der Waals surface area contributed by atoms with Crippen molar-refractivity contribution in [2.45, 2.75) is 25.7 Å². The van der Waals surface area contributed by atoms with Crippen LogP contribution < -0.4 is 10.5 Å². The van der Waals surface area contributed by atoms with Crippen molar-refractivity contribution in [3.63, 3.8) is 0 Å². The van der Waals surface area contributed by atoms with Gasteiger partial charge in [-0.1, -0.05) is 0 Å². The minimum Gasteiger partial charge on any atom is -0.490 e. The molecule has 3 aromatic heterocycles. The minimum absolute atomic E-state index is 0.125. The van der Waals surface area contributed by atoms with Crippen LogP contribution in [0.25, 0.3) is 28.2 Å². The Morgan fingerprint density at radius 1 is 1.06 bits per heavy atom. The van der Waals surface area contributed by atoms with Crippen LogP contribution in [-0.4, -0.2) is 66.1 Å². The lowest BCUT2D eigenvalue weighted by molar-refractivity contribution is 0.268. The number of aromatic nitrogens is 7. The van der Waals surface area contributed by atoms with Crippen molar-refractivity contribution in [3.05, 3.63) is 48.4 Å². The zero-order valence-corrected chi connectivity index (χ0v) is 19.9. The molecule has 1 aliphatic heterocycles. The zero-order chi connectivity index (χ0) is 25.1. The molecule has 5 rings (SSSR count). The number of nitrogen functional groups attached to an aromatic ring is 1. The van der Waals surface area contributed by atoms with Crippen LogP contribution in [0.3, 0.4) is 0 Å². The molecule has 1 aromatic carbocycles. The summed E-state index contributed by atoms with van der Waals surface area (Å²) in [5.74, 6) is -2.09. The Bertz CT molecular complexity index is 1350. The van der Waals surface area contributed by atoms with E-state index in [9.17, 15) is 4.39 Å². The molecule has 0 unspecified atom stereocenters. The van der Waals surface area contributed by atoms with Gasteiger partial charge in [0.1, 0.15) is 11.5 Å². The summed E-state index contributed by atoms with van der Waals surface area (Å²) in [4.78, 5) is 6.63. The van der Waals surface area contributed by atoms with Crippen LogP contribution in [0.1, 0.15) is 25.7 Å². The Morgan fingerprint density at radius 3 is 2.67 bits per heavy atom. The molecule has 36 heavy (non-hydrogen) atoms. The lowest BCUT2D eigenvalue weighted by atomic mass is 10.1. The van der Waals surface area contributed by atoms with Gasteiger partial charge in [0.15, 0.2) is 17.4 Å². The maximum atomic E-state index is 15.1. The van der Waals surface area contributed by atoms with Gasteiger partial charge in [0.05, 0.1) is 18.4 Å². The number of aryl methyl sites for hydroxylation is 1. The molecule has 0 bridgehead atoms. The van der Waals surface area contributed by atoms with Crippen LogP contribution in [0.2, 0.25) is 0 Å². The minimum atomic E-state index is -1.12. The molecule has 1 fully saturated rings.